The molecule has 0 aromatic heterocycles. The smallest absolute Gasteiger partial charge is 0.335 e. The van der Waals surface area contributed by atoms with Crippen LogP contribution in [0.15, 0.2) is 36.4 Å². The lowest BCUT2D eigenvalue weighted by Crippen LogP contribution is -2.26. The van der Waals surface area contributed by atoms with E-state index in [-0.39, 0.29) is 11.5 Å². The predicted molar refractivity (Wildman–Crippen MR) is 86.3 cm³/mol. The number of carbonyl (C=O) groups is 2. The van der Waals surface area contributed by atoms with Crippen LogP contribution in [0.2, 0.25) is 0 Å². The monoisotopic (exact) mass is 323 g/mol. The molecule has 2 heterocycles. The number of ether oxygens (including phenoxy) is 1. The van der Waals surface area contributed by atoms with Crippen molar-refractivity contribution in [1.82, 2.24) is 4.90 Å². The number of hydrogen-bond donors (Lipinski definition) is 1. The second-order valence-corrected chi connectivity index (χ2v) is 6.31. The fourth-order valence-electron chi connectivity index (χ4n) is 3.33. The van der Waals surface area contributed by atoms with Crippen molar-refractivity contribution in [2.24, 2.45) is 0 Å². The molecule has 2 aliphatic rings. The standard InChI is InChI=1S/C19H17NO4/c21-18(6-12-1-2-15-10-24-11-17(15)5-12)20-8-14-4-3-13(19(22)23)7-16(14)9-20/h1-5,7H,6,8-11H2,(H,22,23). The zero-order chi connectivity index (χ0) is 16.7. The lowest BCUT2D eigenvalue weighted by molar-refractivity contribution is -0.131. The molecule has 0 saturated carbocycles. The minimum absolute atomic E-state index is 0.0574. The number of benzene rings is 2. The summed E-state index contributed by atoms with van der Waals surface area (Å²) in [6.45, 7) is 2.28. The number of hydrogen-bond acceptors (Lipinski definition) is 3. The highest BCUT2D eigenvalue weighted by molar-refractivity contribution is 5.88. The van der Waals surface area contributed by atoms with Crippen LogP contribution in [-0.2, 0) is 42.3 Å². The molecule has 2 aromatic carbocycles. The highest BCUT2D eigenvalue weighted by Gasteiger charge is 2.24. The normalized spacial score (nSPS) is 15.2. The summed E-state index contributed by atoms with van der Waals surface area (Å²) in [4.78, 5) is 25.4. The average molecular weight is 323 g/mol. The summed E-state index contributed by atoms with van der Waals surface area (Å²) >= 11 is 0. The minimum Gasteiger partial charge on any atom is -0.478 e. The summed E-state index contributed by atoms with van der Waals surface area (Å²) < 4.78 is 5.40. The Balaban J connectivity index is 1.47. The molecule has 0 spiro atoms. The molecule has 0 fully saturated rings. The summed E-state index contributed by atoms with van der Waals surface area (Å²) in [5.41, 5.74) is 5.56. The van der Waals surface area contributed by atoms with Crippen molar-refractivity contribution in [3.63, 3.8) is 0 Å². The van der Waals surface area contributed by atoms with Crippen molar-refractivity contribution in [2.45, 2.75) is 32.7 Å². The van der Waals surface area contributed by atoms with E-state index in [1.807, 2.05) is 18.2 Å². The van der Waals surface area contributed by atoms with Gasteiger partial charge in [0.1, 0.15) is 0 Å². The van der Waals surface area contributed by atoms with Gasteiger partial charge in [0.15, 0.2) is 0 Å². The molecule has 2 aliphatic heterocycles. The first kappa shape index (κ1) is 14.9. The van der Waals surface area contributed by atoms with Crippen LogP contribution in [-0.4, -0.2) is 21.9 Å². The van der Waals surface area contributed by atoms with Crippen LogP contribution in [0.1, 0.15) is 38.2 Å². The fraction of sp³-hybridized carbons (Fsp3) is 0.263. The van der Waals surface area contributed by atoms with E-state index in [1.165, 1.54) is 5.56 Å². The van der Waals surface area contributed by atoms with E-state index in [2.05, 4.69) is 0 Å². The highest BCUT2D eigenvalue weighted by Crippen LogP contribution is 2.26. The van der Waals surface area contributed by atoms with Crippen molar-refractivity contribution in [3.05, 3.63) is 69.8 Å². The molecular formula is C19H17NO4. The Morgan fingerprint density at radius 2 is 1.71 bits per heavy atom. The lowest BCUT2D eigenvalue weighted by Gasteiger charge is -2.15. The molecule has 0 saturated heterocycles. The number of aromatic carboxylic acids is 1. The second-order valence-electron chi connectivity index (χ2n) is 6.31. The van der Waals surface area contributed by atoms with Gasteiger partial charge in [0.2, 0.25) is 5.91 Å². The molecule has 2 aromatic rings. The Labute approximate surface area is 139 Å². The first-order valence-electron chi connectivity index (χ1n) is 7.91. The molecule has 0 atom stereocenters. The first-order chi connectivity index (χ1) is 11.6. The van der Waals surface area contributed by atoms with Crippen LogP contribution in [0.3, 0.4) is 0 Å². The highest BCUT2D eigenvalue weighted by atomic mass is 16.5. The molecule has 5 heteroatoms. The van der Waals surface area contributed by atoms with E-state index >= 15 is 0 Å². The van der Waals surface area contributed by atoms with Crippen LogP contribution >= 0.6 is 0 Å². The van der Waals surface area contributed by atoms with Crippen molar-refractivity contribution in [2.75, 3.05) is 0 Å². The van der Waals surface area contributed by atoms with Gasteiger partial charge in [-0.15, -0.1) is 0 Å². The van der Waals surface area contributed by atoms with Gasteiger partial charge < -0.3 is 14.7 Å². The van der Waals surface area contributed by atoms with E-state index in [0.29, 0.717) is 32.7 Å². The Morgan fingerprint density at radius 1 is 0.958 bits per heavy atom. The second kappa shape index (κ2) is 5.76. The van der Waals surface area contributed by atoms with Crippen molar-refractivity contribution in [1.29, 1.82) is 0 Å². The van der Waals surface area contributed by atoms with Gasteiger partial charge in [0, 0.05) is 13.1 Å². The first-order valence-corrected chi connectivity index (χ1v) is 7.91. The van der Waals surface area contributed by atoms with E-state index in [4.69, 9.17) is 9.84 Å². The SMILES string of the molecule is O=C(O)c1ccc2c(c1)CN(C(=O)Cc1ccc3c(c1)COC3)C2. The number of rotatable bonds is 3. The van der Waals surface area contributed by atoms with Gasteiger partial charge in [0.05, 0.1) is 25.2 Å². The summed E-state index contributed by atoms with van der Waals surface area (Å²) in [6.07, 6.45) is 0.354. The maximum absolute atomic E-state index is 12.6. The maximum Gasteiger partial charge on any atom is 0.335 e. The van der Waals surface area contributed by atoms with Crippen molar-refractivity contribution < 1.29 is 19.4 Å². The summed E-state index contributed by atoms with van der Waals surface area (Å²) in [5, 5.41) is 9.07. The number of nitrogens with zero attached hydrogens (tertiary/aromatic N) is 1. The zero-order valence-electron chi connectivity index (χ0n) is 13.1. The third-order valence-corrected chi connectivity index (χ3v) is 4.67. The fourth-order valence-corrected chi connectivity index (χ4v) is 3.33. The molecule has 1 N–H and O–H groups in total. The van der Waals surface area contributed by atoms with E-state index < -0.39 is 5.97 Å². The number of carboxylic acid groups (broad SMARTS) is 1. The van der Waals surface area contributed by atoms with Gasteiger partial charge in [-0.3, -0.25) is 4.79 Å². The molecule has 24 heavy (non-hydrogen) atoms. The molecule has 0 bridgehead atoms. The Kier molecular flexibility index (Phi) is 3.58. The largest absolute Gasteiger partial charge is 0.478 e. The molecule has 1 amide bonds. The zero-order valence-corrected chi connectivity index (χ0v) is 13.1. The summed E-state index contributed by atoms with van der Waals surface area (Å²) in [5.74, 6) is -0.884. The van der Waals surface area contributed by atoms with Gasteiger partial charge in [0.25, 0.3) is 0 Å². The average Bonchev–Trinajstić information content (AvgIpc) is 3.19. The number of carbonyl (C=O) groups excluding carboxylic acids is 1. The molecular weight excluding hydrogens is 306 g/mol. The van der Waals surface area contributed by atoms with E-state index in [1.54, 1.807) is 23.1 Å². The number of fused-ring (bicyclic) bond motifs is 2. The van der Waals surface area contributed by atoms with Crippen molar-refractivity contribution >= 4 is 11.9 Å². The summed E-state index contributed by atoms with van der Waals surface area (Å²) in [7, 11) is 0. The van der Waals surface area contributed by atoms with Gasteiger partial charge in [-0.2, -0.15) is 0 Å². The van der Waals surface area contributed by atoms with Crippen LogP contribution in [0.4, 0.5) is 0 Å². The molecule has 0 unspecified atom stereocenters. The Morgan fingerprint density at radius 3 is 2.54 bits per heavy atom. The van der Waals surface area contributed by atoms with Crippen molar-refractivity contribution in [3.8, 4) is 0 Å². The maximum atomic E-state index is 12.6. The Bertz CT molecular complexity index is 843. The molecule has 5 nitrogen and oxygen atoms in total. The Hall–Kier alpha value is -2.66. The third kappa shape index (κ3) is 2.67. The van der Waals surface area contributed by atoms with Crippen LogP contribution in [0.5, 0.6) is 0 Å². The third-order valence-electron chi connectivity index (χ3n) is 4.67. The van der Waals surface area contributed by atoms with Crippen LogP contribution in [0, 0.1) is 0 Å². The van der Waals surface area contributed by atoms with Crippen LogP contribution in [0.25, 0.3) is 0 Å². The quantitative estimate of drug-likeness (QED) is 0.942. The predicted octanol–water partition coefficient (Wildman–Crippen LogP) is 2.50. The molecule has 0 radical (unpaired) electrons. The number of carboxylic acids is 1. The molecule has 4 rings (SSSR count). The lowest BCUT2D eigenvalue weighted by atomic mass is 10.0. The topological polar surface area (TPSA) is 66.8 Å². The van der Waals surface area contributed by atoms with E-state index in [9.17, 15) is 9.59 Å². The van der Waals surface area contributed by atoms with Gasteiger partial charge in [-0.05, 0) is 39.9 Å². The van der Waals surface area contributed by atoms with Gasteiger partial charge in [-0.1, -0.05) is 24.3 Å². The van der Waals surface area contributed by atoms with E-state index in [0.717, 1.165) is 22.3 Å². The number of amides is 1. The van der Waals surface area contributed by atoms with Gasteiger partial charge >= 0.3 is 5.97 Å². The molecule has 0 aliphatic carbocycles. The van der Waals surface area contributed by atoms with Gasteiger partial charge in [-0.25, -0.2) is 4.79 Å². The minimum atomic E-state index is -0.942. The summed E-state index contributed by atoms with van der Waals surface area (Å²) in [6, 6.07) is 11.1. The van der Waals surface area contributed by atoms with Crippen LogP contribution < -0.4 is 0 Å². The molecule has 122 valence electrons.